The molecule has 118 valence electrons. The lowest BCUT2D eigenvalue weighted by Gasteiger charge is -2.08. The van der Waals surface area contributed by atoms with Gasteiger partial charge in [-0.3, -0.25) is 9.20 Å². The van der Waals surface area contributed by atoms with E-state index in [4.69, 9.17) is 4.74 Å². The number of carbonyl (C=O) groups is 1. The average molecular weight is 317 g/mol. The van der Waals surface area contributed by atoms with Crippen LogP contribution in [-0.4, -0.2) is 22.4 Å². The molecule has 0 aliphatic heterocycles. The van der Waals surface area contributed by atoms with Crippen molar-refractivity contribution in [1.29, 1.82) is 0 Å². The fourth-order valence-electron chi connectivity index (χ4n) is 2.38. The number of nitrogens with one attached hydrogen (secondary N) is 1. The molecule has 7 heteroatoms. The standard InChI is InChI=1S/C16H13F2N3O2/c1-9-14(21-8-4-7-12(23-2)15(21)19-9)16(22)20-13-10(17)5-3-6-11(13)18/h3-8H,1-2H3,(H,20,22). The van der Waals surface area contributed by atoms with E-state index in [0.29, 0.717) is 17.1 Å². The highest BCUT2D eigenvalue weighted by Gasteiger charge is 2.21. The molecule has 0 unspecified atom stereocenters. The maximum atomic E-state index is 13.7. The van der Waals surface area contributed by atoms with Crippen LogP contribution < -0.4 is 10.1 Å². The lowest BCUT2D eigenvalue weighted by atomic mass is 10.2. The molecule has 0 radical (unpaired) electrons. The van der Waals surface area contributed by atoms with Gasteiger partial charge in [0.05, 0.1) is 12.8 Å². The first-order valence-electron chi connectivity index (χ1n) is 6.80. The molecular weight excluding hydrogens is 304 g/mol. The molecule has 0 saturated carbocycles. The molecule has 2 aromatic heterocycles. The van der Waals surface area contributed by atoms with Gasteiger partial charge in [0.25, 0.3) is 5.91 Å². The van der Waals surface area contributed by atoms with Gasteiger partial charge < -0.3 is 10.1 Å². The van der Waals surface area contributed by atoms with Crippen LogP contribution in [0.2, 0.25) is 0 Å². The van der Waals surface area contributed by atoms with E-state index in [9.17, 15) is 13.6 Å². The Morgan fingerprint density at radius 2 is 1.91 bits per heavy atom. The van der Waals surface area contributed by atoms with Gasteiger partial charge in [-0.05, 0) is 31.2 Å². The zero-order valence-electron chi connectivity index (χ0n) is 12.4. The molecule has 1 aromatic carbocycles. The van der Waals surface area contributed by atoms with E-state index in [1.807, 2.05) is 0 Å². The lowest BCUT2D eigenvalue weighted by Crippen LogP contribution is -2.17. The van der Waals surface area contributed by atoms with Gasteiger partial charge in [0.2, 0.25) is 0 Å². The predicted molar refractivity (Wildman–Crippen MR) is 80.8 cm³/mol. The third-order valence-electron chi connectivity index (χ3n) is 3.42. The van der Waals surface area contributed by atoms with Crippen LogP contribution in [0, 0.1) is 18.6 Å². The monoisotopic (exact) mass is 317 g/mol. The molecule has 0 spiro atoms. The number of para-hydroxylation sites is 1. The number of methoxy groups -OCH3 is 1. The number of anilines is 1. The maximum Gasteiger partial charge on any atom is 0.274 e. The quantitative estimate of drug-likeness (QED) is 0.807. The molecule has 1 N–H and O–H groups in total. The number of aromatic nitrogens is 2. The zero-order valence-corrected chi connectivity index (χ0v) is 12.4. The number of aryl methyl sites for hydroxylation is 1. The Morgan fingerprint density at radius 1 is 1.22 bits per heavy atom. The summed E-state index contributed by atoms with van der Waals surface area (Å²) in [6, 6.07) is 6.77. The van der Waals surface area contributed by atoms with Gasteiger partial charge in [-0.25, -0.2) is 13.8 Å². The highest BCUT2D eigenvalue weighted by atomic mass is 19.1. The Kier molecular flexibility index (Phi) is 3.69. The summed E-state index contributed by atoms with van der Waals surface area (Å²) in [4.78, 5) is 16.7. The fraction of sp³-hybridized carbons (Fsp3) is 0.125. The van der Waals surface area contributed by atoms with E-state index in [0.717, 1.165) is 12.1 Å². The van der Waals surface area contributed by atoms with Crippen molar-refractivity contribution in [3.05, 3.63) is 59.6 Å². The van der Waals surface area contributed by atoms with Gasteiger partial charge in [0.1, 0.15) is 23.0 Å². The number of fused-ring (bicyclic) bond motifs is 1. The van der Waals surface area contributed by atoms with Crippen molar-refractivity contribution < 1.29 is 18.3 Å². The molecule has 2 heterocycles. The minimum atomic E-state index is -0.845. The summed E-state index contributed by atoms with van der Waals surface area (Å²) < 4.78 is 34.1. The smallest absolute Gasteiger partial charge is 0.274 e. The number of hydrogen-bond acceptors (Lipinski definition) is 3. The van der Waals surface area contributed by atoms with Gasteiger partial charge >= 0.3 is 0 Å². The van der Waals surface area contributed by atoms with Crippen molar-refractivity contribution in [2.45, 2.75) is 6.92 Å². The molecule has 0 aliphatic carbocycles. The van der Waals surface area contributed by atoms with Crippen molar-refractivity contribution in [1.82, 2.24) is 9.38 Å². The predicted octanol–water partition coefficient (Wildman–Crippen LogP) is 3.18. The van der Waals surface area contributed by atoms with Gasteiger partial charge in [-0.2, -0.15) is 0 Å². The molecule has 0 aliphatic rings. The Labute approximate surface area is 130 Å². The summed E-state index contributed by atoms with van der Waals surface area (Å²) in [7, 11) is 1.49. The summed E-state index contributed by atoms with van der Waals surface area (Å²) in [6.45, 7) is 1.64. The van der Waals surface area contributed by atoms with Crippen LogP contribution in [0.25, 0.3) is 5.65 Å². The van der Waals surface area contributed by atoms with Gasteiger partial charge in [-0.15, -0.1) is 0 Å². The Morgan fingerprint density at radius 3 is 2.57 bits per heavy atom. The second-order valence-electron chi connectivity index (χ2n) is 4.87. The van der Waals surface area contributed by atoms with Crippen LogP contribution in [-0.2, 0) is 0 Å². The summed E-state index contributed by atoms with van der Waals surface area (Å²) in [5, 5.41) is 2.26. The zero-order chi connectivity index (χ0) is 16.6. The van der Waals surface area contributed by atoms with Gasteiger partial charge in [0, 0.05) is 6.20 Å². The summed E-state index contributed by atoms with van der Waals surface area (Å²) in [5.74, 6) is -1.86. The first kappa shape index (κ1) is 15.0. The SMILES string of the molecule is COc1cccn2c(C(=O)Nc3c(F)cccc3F)c(C)nc12. The van der Waals surface area contributed by atoms with E-state index in [1.165, 1.54) is 17.6 Å². The molecule has 3 rings (SSSR count). The second kappa shape index (κ2) is 5.68. The molecule has 0 atom stereocenters. The number of benzene rings is 1. The number of halogens is 2. The molecule has 0 fully saturated rings. The maximum absolute atomic E-state index is 13.7. The molecular formula is C16H13F2N3O2. The molecule has 0 bridgehead atoms. The molecule has 3 aromatic rings. The van der Waals surface area contributed by atoms with Crippen molar-refractivity contribution in [3.8, 4) is 5.75 Å². The van der Waals surface area contributed by atoms with Crippen LogP contribution in [0.5, 0.6) is 5.75 Å². The minimum Gasteiger partial charge on any atom is -0.493 e. The molecule has 5 nitrogen and oxygen atoms in total. The number of ether oxygens (including phenoxy) is 1. The van der Waals surface area contributed by atoms with Gasteiger partial charge in [-0.1, -0.05) is 6.07 Å². The van der Waals surface area contributed by atoms with E-state index >= 15 is 0 Å². The van der Waals surface area contributed by atoms with Crippen LogP contribution in [0.4, 0.5) is 14.5 Å². The topological polar surface area (TPSA) is 55.6 Å². The summed E-state index contributed by atoms with van der Waals surface area (Å²) in [5.41, 5.74) is 0.562. The highest BCUT2D eigenvalue weighted by Crippen LogP contribution is 2.24. The summed E-state index contributed by atoms with van der Waals surface area (Å²) in [6.07, 6.45) is 1.63. The average Bonchev–Trinajstić information content (AvgIpc) is 2.86. The Bertz CT molecular complexity index is 885. The van der Waals surface area contributed by atoms with Crippen LogP contribution >= 0.6 is 0 Å². The number of hydrogen-bond donors (Lipinski definition) is 1. The van der Waals surface area contributed by atoms with Crippen LogP contribution in [0.15, 0.2) is 36.5 Å². The van der Waals surface area contributed by atoms with Crippen molar-refractivity contribution in [2.24, 2.45) is 0 Å². The van der Waals surface area contributed by atoms with Crippen molar-refractivity contribution >= 4 is 17.2 Å². The van der Waals surface area contributed by atoms with E-state index in [-0.39, 0.29) is 5.69 Å². The van der Waals surface area contributed by atoms with Crippen molar-refractivity contribution in [2.75, 3.05) is 12.4 Å². The molecule has 0 saturated heterocycles. The Hall–Kier alpha value is -2.96. The lowest BCUT2D eigenvalue weighted by molar-refractivity contribution is 0.101. The fourth-order valence-corrected chi connectivity index (χ4v) is 2.38. The van der Waals surface area contributed by atoms with Crippen LogP contribution in [0.1, 0.15) is 16.2 Å². The second-order valence-corrected chi connectivity index (χ2v) is 4.87. The molecule has 23 heavy (non-hydrogen) atoms. The Balaban J connectivity index is 2.07. The van der Waals surface area contributed by atoms with E-state index < -0.39 is 23.2 Å². The number of rotatable bonds is 3. The first-order chi connectivity index (χ1) is 11.0. The third-order valence-corrected chi connectivity index (χ3v) is 3.42. The van der Waals surface area contributed by atoms with Gasteiger partial charge in [0.15, 0.2) is 11.4 Å². The molecule has 1 amide bonds. The minimum absolute atomic E-state index is 0.182. The number of nitrogens with zero attached hydrogens (tertiary/aromatic N) is 2. The number of imidazole rings is 1. The largest absolute Gasteiger partial charge is 0.493 e. The first-order valence-corrected chi connectivity index (χ1v) is 6.80. The highest BCUT2D eigenvalue weighted by molar-refractivity contribution is 6.04. The third kappa shape index (κ3) is 2.50. The van der Waals surface area contributed by atoms with Crippen molar-refractivity contribution in [3.63, 3.8) is 0 Å². The van der Waals surface area contributed by atoms with Crippen LogP contribution in [0.3, 0.4) is 0 Å². The van der Waals surface area contributed by atoms with E-state index in [1.54, 1.807) is 25.3 Å². The number of amides is 1. The van der Waals surface area contributed by atoms with E-state index in [2.05, 4.69) is 10.3 Å². The normalized spacial score (nSPS) is 10.8. The number of pyridine rings is 1. The summed E-state index contributed by atoms with van der Waals surface area (Å²) >= 11 is 0. The number of carbonyl (C=O) groups excluding carboxylic acids is 1.